The fraction of sp³-hybridized carbons (Fsp3) is 0.400. The van der Waals surface area contributed by atoms with Crippen LogP contribution >= 0.6 is 0 Å². The number of aromatic nitrogens is 1. The van der Waals surface area contributed by atoms with Gasteiger partial charge in [0.05, 0.1) is 11.9 Å². The van der Waals surface area contributed by atoms with E-state index in [0.717, 1.165) is 6.54 Å². The van der Waals surface area contributed by atoms with Gasteiger partial charge < -0.3 is 16.0 Å². The maximum absolute atomic E-state index is 11.8. The molecule has 5 heteroatoms. The van der Waals surface area contributed by atoms with Gasteiger partial charge in [0, 0.05) is 20.1 Å². The van der Waals surface area contributed by atoms with Crippen molar-refractivity contribution in [3.8, 4) is 0 Å². The van der Waals surface area contributed by atoms with Crippen molar-refractivity contribution in [1.29, 1.82) is 0 Å². The van der Waals surface area contributed by atoms with Gasteiger partial charge in [0.1, 0.15) is 5.69 Å². The van der Waals surface area contributed by atoms with E-state index in [1.54, 1.807) is 24.1 Å². The lowest BCUT2D eigenvalue weighted by Gasteiger charge is -2.16. The number of hydrogen-bond donors (Lipinski definition) is 2. The van der Waals surface area contributed by atoms with Crippen LogP contribution in [-0.4, -0.2) is 43.0 Å². The van der Waals surface area contributed by atoms with E-state index in [0.29, 0.717) is 17.9 Å². The summed E-state index contributed by atoms with van der Waals surface area (Å²) in [5.74, 6) is -0.0924. The van der Waals surface area contributed by atoms with Crippen molar-refractivity contribution in [2.75, 3.05) is 32.9 Å². The molecule has 3 N–H and O–H groups in total. The van der Waals surface area contributed by atoms with Gasteiger partial charge in [-0.1, -0.05) is 0 Å². The summed E-state index contributed by atoms with van der Waals surface area (Å²) in [6.45, 7) is 1.42. The van der Waals surface area contributed by atoms with Gasteiger partial charge in [0.2, 0.25) is 0 Å². The molecule has 15 heavy (non-hydrogen) atoms. The summed E-state index contributed by atoms with van der Waals surface area (Å²) in [6.07, 6.45) is 1.49. The van der Waals surface area contributed by atoms with Crippen molar-refractivity contribution in [1.82, 2.24) is 15.2 Å². The number of nitrogens with zero attached hydrogens (tertiary/aromatic N) is 2. The molecule has 0 fully saturated rings. The lowest BCUT2D eigenvalue weighted by Crippen LogP contribution is -2.33. The number of likely N-dealkylation sites (N-methyl/N-ethyl adjacent to an activating group) is 2. The van der Waals surface area contributed by atoms with E-state index in [1.807, 2.05) is 7.05 Å². The summed E-state index contributed by atoms with van der Waals surface area (Å²) in [5, 5.41) is 2.98. The number of carbonyl (C=O) groups excluding carboxylic acids is 1. The van der Waals surface area contributed by atoms with Gasteiger partial charge in [-0.2, -0.15) is 0 Å². The van der Waals surface area contributed by atoms with Crippen LogP contribution in [0, 0.1) is 0 Å². The number of hydrogen-bond acceptors (Lipinski definition) is 4. The Morgan fingerprint density at radius 3 is 2.87 bits per heavy atom. The largest absolute Gasteiger partial charge is 0.397 e. The summed E-state index contributed by atoms with van der Waals surface area (Å²) in [5.41, 5.74) is 6.46. The normalized spacial score (nSPS) is 10.0. The number of pyridine rings is 1. The molecule has 0 aliphatic heterocycles. The number of anilines is 1. The highest BCUT2D eigenvalue weighted by atomic mass is 16.2. The Balaban J connectivity index is 2.63. The Morgan fingerprint density at radius 1 is 1.60 bits per heavy atom. The van der Waals surface area contributed by atoms with Gasteiger partial charge in [-0.05, 0) is 19.2 Å². The maximum atomic E-state index is 11.8. The summed E-state index contributed by atoms with van der Waals surface area (Å²) in [4.78, 5) is 17.3. The van der Waals surface area contributed by atoms with Crippen molar-refractivity contribution < 1.29 is 4.79 Å². The quantitative estimate of drug-likeness (QED) is 0.728. The summed E-state index contributed by atoms with van der Waals surface area (Å²) >= 11 is 0. The average Bonchev–Trinajstić information content (AvgIpc) is 2.26. The second-order valence-electron chi connectivity index (χ2n) is 3.31. The van der Waals surface area contributed by atoms with Crippen LogP contribution in [0.15, 0.2) is 18.3 Å². The van der Waals surface area contributed by atoms with E-state index >= 15 is 0 Å². The van der Waals surface area contributed by atoms with E-state index in [2.05, 4.69) is 10.3 Å². The van der Waals surface area contributed by atoms with Gasteiger partial charge in [-0.3, -0.25) is 4.79 Å². The molecule has 0 saturated carbocycles. The molecule has 0 aromatic carbocycles. The molecule has 1 aromatic heterocycles. The molecule has 1 aromatic rings. The highest BCUT2D eigenvalue weighted by Crippen LogP contribution is 2.03. The first-order valence-electron chi connectivity index (χ1n) is 4.76. The van der Waals surface area contributed by atoms with Crippen molar-refractivity contribution >= 4 is 11.6 Å². The molecule has 0 saturated heterocycles. The minimum absolute atomic E-state index is 0.0924. The van der Waals surface area contributed by atoms with Crippen molar-refractivity contribution in [2.24, 2.45) is 0 Å². The monoisotopic (exact) mass is 208 g/mol. The van der Waals surface area contributed by atoms with E-state index < -0.39 is 0 Å². The Morgan fingerprint density at radius 2 is 2.33 bits per heavy atom. The van der Waals surface area contributed by atoms with Gasteiger partial charge in [-0.15, -0.1) is 0 Å². The average molecular weight is 208 g/mol. The van der Waals surface area contributed by atoms with Crippen LogP contribution in [0.2, 0.25) is 0 Å². The topological polar surface area (TPSA) is 71.2 Å². The Labute approximate surface area is 89.3 Å². The second-order valence-corrected chi connectivity index (χ2v) is 3.31. The van der Waals surface area contributed by atoms with E-state index in [1.165, 1.54) is 6.20 Å². The number of carbonyl (C=O) groups is 1. The lowest BCUT2D eigenvalue weighted by atomic mass is 10.3. The van der Waals surface area contributed by atoms with Crippen molar-refractivity contribution in [2.45, 2.75) is 0 Å². The molecule has 0 aliphatic rings. The molecule has 1 rings (SSSR count). The molecule has 0 spiro atoms. The molecule has 1 heterocycles. The lowest BCUT2D eigenvalue weighted by molar-refractivity contribution is 0.0791. The van der Waals surface area contributed by atoms with Crippen molar-refractivity contribution in [3.05, 3.63) is 24.0 Å². The van der Waals surface area contributed by atoms with Crippen molar-refractivity contribution in [3.63, 3.8) is 0 Å². The molecule has 82 valence electrons. The van der Waals surface area contributed by atoms with E-state index in [-0.39, 0.29) is 5.91 Å². The summed E-state index contributed by atoms with van der Waals surface area (Å²) in [7, 11) is 3.59. The van der Waals surface area contributed by atoms with Crippen LogP contribution in [0.25, 0.3) is 0 Å². The Kier molecular flexibility index (Phi) is 4.05. The summed E-state index contributed by atoms with van der Waals surface area (Å²) in [6, 6.07) is 3.31. The Hall–Kier alpha value is -1.62. The SMILES string of the molecule is CNCCN(C)C(=O)c1ccc(N)cn1. The third-order valence-corrected chi connectivity index (χ3v) is 2.05. The smallest absolute Gasteiger partial charge is 0.272 e. The van der Waals surface area contributed by atoms with Crippen LogP contribution in [0.4, 0.5) is 5.69 Å². The maximum Gasteiger partial charge on any atom is 0.272 e. The molecule has 5 nitrogen and oxygen atoms in total. The second kappa shape index (κ2) is 5.31. The van der Waals surface area contributed by atoms with Crippen LogP contribution < -0.4 is 11.1 Å². The van der Waals surface area contributed by atoms with Crippen LogP contribution in [-0.2, 0) is 0 Å². The molecular weight excluding hydrogens is 192 g/mol. The molecule has 1 amide bonds. The van der Waals surface area contributed by atoms with E-state index in [4.69, 9.17) is 5.73 Å². The zero-order valence-corrected chi connectivity index (χ0v) is 9.03. The minimum Gasteiger partial charge on any atom is -0.397 e. The summed E-state index contributed by atoms with van der Waals surface area (Å²) < 4.78 is 0. The minimum atomic E-state index is -0.0924. The zero-order valence-electron chi connectivity index (χ0n) is 9.03. The number of nitrogen functional groups attached to an aromatic ring is 1. The first kappa shape index (κ1) is 11.5. The molecular formula is C10H16N4O. The number of amides is 1. The first-order valence-corrected chi connectivity index (χ1v) is 4.76. The predicted molar refractivity (Wildman–Crippen MR) is 59.5 cm³/mol. The highest BCUT2D eigenvalue weighted by Gasteiger charge is 2.11. The van der Waals surface area contributed by atoms with Crippen LogP contribution in [0.5, 0.6) is 0 Å². The van der Waals surface area contributed by atoms with Gasteiger partial charge in [-0.25, -0.2) is 4.98 Å². The Bertz CT molecular complexity index is 323. The molecule has 0 atom stereocenters. The molecule has 0 radical (unpaired) electrons. The predicted octanol–water partition coefficient (Wildman–Crippen LogP) is -0.0448. The zero-order chi connectivity index (χ0) is 11.3. The van der Waals surface area contributed by atoms with Crippen LogP contribution in [0.3, 0.4) is 0 Å². The molecule has 0 bridgehead atoms. The fourth-order valence-corrected chi connectivity index (χ4v) is 1.11. The van der Waals surface area contributed by atoms with Gasteiger partial charge in [0.25, 0.3) is 5.91 Å². The highest BCUT2D eigenvalue weighted by molar-refractivity contribution is 5.92. The number of nitrogens with one attached hydrogen (secondary N) is 1. The van der Waals surface area contributed by atoms with Crippen LogP contribution in [0.1, 0.15) is 10.5 Å². The third-order valence-electron chi connectivity index (χ3n) is 2.05. The molecule has 0 unspecified atom stereocenters. The third kappa shape index (κ3) is 3.21. The number of nitrogens with two attached hydrogens (primary N) is 1. The van der Waals surface area contributed by atoms with Gasteiger partial charge in [0.15, 0.2) is 0 Å². The van der Waals surface area contributed by atoms with E-state index in [9.17, 15) is 4.79 Å². The first-order chi connectivity index (χ1) is 7.15. The standard InChI is InChI=1S/C10H16N4O/c1-12-5-6-14(2)10(15)9-4-3-8(11)7-13-9/h3-4,7,12H,5-6,11H2,1-2H3. The van der Waals surface area contributed by atoms with Gasteiger partial charge >= 0.3 is 0 Å². The molecule has 0 aliphatic carbocycles. The number of rotatable bonds is 4. The fourth-order valence-electron chi connectivity index (χ4n) is 1.11.